The van der Waals surface area contributed by atoms with E-state index in [9.17, 15) is 13.2 Å². The number of aromatic nitrogens is 1. The normalized spacial score (nSPS) is 12.3. The Kier molecular flexibility index (Phi) is 2.06. The lowest BCUT2D eigenvalue weighted by molar-refractivity contribution is -0.136. The van der Waals surface area contributed by atoms with Crippen molar-refractivity contribution in [1.82, 2.24) is 4.98 Å². The molecule has 2 rings (SSSR count). The molecule has 74 valence electrons. The molecule has 0 fully saturated rings. The van der Waals surface area contributed by atoms with E-state index in [1.807, 2.05) is 0 Å². The van der Waals surface area contributed by atoms with E-state index in [0.717, 1.165) is 0 Å². The number of hydrogen-bond donors (Lipinski definition) is 1. The van der Waals surface area contributed by atoms with Gasteiger partial charge in [0.1, 0.15) is 0 Å². The van der Waals surface area contributed by atoms with Gasteiger partial charge >= 0.3 is 6.18 Å². The van der Waals surface area contributed by atoms with Crippen LogP contribution in [-0.4, -0.2) is 4.98 Å². The summed E-state index contributed by atoms with van der Waals surface area (Å²) in [6, 6.07) is 4.42. The minimum absolute atomic E-state index is 0.0668. The molecule has 2 aromatic rings. The van der Waals surface area contributed by atoms with Gasteiger partial charge in [-0.1, -0.05) is 15.9 Å². The number of benzene rings is 1. The first kappa shape index (κ1) is 9.58. The van der Waals surface area contributed by atoms with Gasteiger partial charge in [-0.2, -0.15) is 13.2 Å². The average molecular weight is 264 g/mol. The van der Waals surface area contributed by atoms with Crippen LogP contribution in [0.1, 0.15) is 5.56 Å². The second kappa shape index (κ2) is 3.02. The van der Waals surface area contributed by atoms with E-state index in [0.29, 0.717) is 5.52 Å². The zero-order chi connectivity index (χ0) is 10.3. The summed E-state index contributed by atoms with van der Waals surface area (Å²) in [4.78, 5) is 2.74. The number of nitrogens with one attached hydrogen (secondary N) is 1. The van der Waals surface area contributed by atoms with Crippen molar-refractivity contribution in [2.24, 2.45) is 0 Å². The van der Waals surface area contributed by atoms with E-state index >= 15 is 0 Å². The van der Waals surface area contributed by atoms with Crippen molar-refractivity contribution in [1.29, 1.82) is 0 Å². The molecular formula is C9H5BrF3N. The number of H-pyrrole nitrogens is 1. The van der Waals surface area contributed by atoms with Crippen molar-refractivity contribution in [2.75, 3.05) is 0 Å². The molecule has 14 heavy (non-hydrogen) atoms. The Balaban J connectivity index is 2.83. The van der Waals surface area contributed by atoms with E-state index in [1.54, 1.807) is 6.07 Å². The predicted octanol–water partition coefficient (Wildman–Crippen LogP) is 3.95. The van der Waals surface area contributed by atoms with Gasteiger partial charge in [0.25, 0.3) is 0 Å². The fourth-order valence-electron chi connectivity index (χ4n) is 1.39. The van der Waals surface area contributed by atoms with Crippen LogP contribution in [0.15, 0.2) is 28.9 Å². The van der Waals surface area contributed by atoms with E-state index in [1.165, 1.54) is 18.3 Å². The number of rotatable bonds is 0. The van der Waals surface area contributed by atoms with E-state index < -0.39 is 11.7 Å². The fraction of sp³-hybridized carbons (Fsp3) is 0.111. The summed E-state index contributed by atoms with van der Waals surface area (Å²) in [6.07, 6.45) is -2.84. The molecule has 0 radical (unpaired) electrons. The second-order valence-electron chi connectivity index (χ2n) is 2.86. The maximum Gasteiger partial charge on any atom is 0.418 e. The summed E-state index contributed by atoms with van der Waals surface area (Å²) < 4.78 is 37.9. The zero-order valence-electron chi connectivity index (χ0n) is 6.82. The van der Waals surface area contributed by atoms with Crippen molar-refractivity contribution in [3.8, 4) is 0 Å². The smallest absolute Gasteiger partial charge is 0.361 e. The Hall–Kier alpha value is -0.970. The molecule has 1 heterocycles. The monoisotopic (exact) mass is 263 g/mol. The van der Waals surface area contributed by atoms with Crippen LogP contribution in [0.4, 0.5) is 13.2 Å². The third-order valence-corrected chi connectivity index (χ3v) is 2.63. The van der Waals surface area contributed by atoms with Crippen LogP contribution >= 0.6 is 15.9 Å². The minimum atomic E-state index is -4.33. The van der Waals surface area contributed by atoms with Gasteiger partial charge in [0.2, 0.25) is 0 Å². The summed E-state index contributed by atoms with van der Waals surface area (Å²) >= 11 is 2.90. The first-order chi connectivity index (χ1) is 6.50. The number of fused-ring (bicyclic) bond motifs is 1. The quantitative estimate of drug-likeness (QED) is 0.741. The molecule has 0 unspecified atom stereocenters. The van der Waals surface area contributed by atoms with Crippen molar-refractivity contribution in [2.45, 2.75) is 6.18 Å². The van der Waals surface area contributed by atoms with Crippen LogP contribution in [0.25, 0.3) is 10.9 Å². The Labute approximate surface area is 86.1 Å². The Bertz CT molecular complexity index is 472. The lowest BCUT2D eigenvalue weighted by atomic mass is 10.1. The molecule has 0 atom stereocenters. The summed E-state index contributed by atoms with van der Waals surface area (Å²) in [5, 5.41) is 0.187. The first-order valence-electron chi connectivity index (χ1n) is 3.83. The van der Waals surface area contributed by atoms with Crippen molar-refractivity contribution < 1.29 is 13.2 Å². The molecule has 0 spiro atoms. The molecule has 0 aliphatic heterocycles. The van der Waals surface area contributed by atoms with Crippen molar-refractivity contribution in [3.05, 3.63) is 34.4 Å². The number of hydrogen-bond acceptors (Lipinski definition) is 0. The highest BCUT2D eigenvalue weighted by atomic mass is 79.9. The van der Waals surface area contributed by atoms with Gasteiger partial charge in [-0.15, -0.1) is 0 Å². The predicted molar refractivity (Wildman–Crippen MR) is 51.0 cm³/mol. The molecule has 1 aromatic heterocycles. The molecule has 1 nitrogen and oxygen atoms in total. The Morgan fingerprint density at radius 3 is 2.50 bits per heavy atom. The van der Waals surface area contributed by atoms with E-state index in [4.69, 9.17) is 0 Å². The van der Waals surface area contributed by atoms with Gasteiger partial charge in [0, 0.05) is 21.6 Å². The van der Waals surface area contributed by atoms with Gasteiger partial charge < -0.3 is 4.98 Å². The topological polar surface area (TPSA) is 15.8 Å². The average Bonchev–Trinajstić information content (AvgIpc) is 2.48. The standard InChI is InChI=1S/C9H5BrF3N/c10-6-1-2-7-5(3-4-14-7)8(6)9(11,12)13/h1-4,14H. The van der Waals surface area contributed by atoms with Gasteiger partial charge in [0.15, 0.2) is 0 Å². The Morgan fingerprint density at radius 1 is 1.14 bits per heavy atom. The SMILES string of the molecule is FC(F)(F)c1c(Br)ccc2[nH]ccc12. The lowest BCUT2D eigenvalue weighted by Crippen LogP contribution is -2.06. The first-order valence-corrected chi connectivity index (χ1v) is 4.62. The summed E-state index contributed by atoms with van der Waals surface area (Å²) in [5.41, 5.74) is -0.142. The molecule has 5 heteroatoms. The molecule has 0 aliphatic carbocycles. The second-order valence-corrected chi connectivity index (χ2v) is 3.71. The van der Waals surface area contributed by atoms with E-state index in [-0.39, 0.29) is 9.86 Å². The van der Waals surface area contributed by atoms with Crippen LogP contribution in [0.3, 0.4) is 0 Å². The number of halogens is 4. The van der Waals surface area contributed by atoms with Gasteiger partial charge in [-0.3, -0.25) is 0 Å². The largest absolute Gasteiger partial charge is 0.418 e. The summed E-state index contributed by atoms with van der Waals surface area (Å²) in [6.45, 7) is 0. The van der Waals surface area contributed by atoms with Gasteiger partial charge in [0.05, 0.1) is 5.56 Å². The highest BCUT2D eigenvalue weighted by Gasteiger charge is 2.35. The van der Waals surface area contributed by atoms with Crippen LogP contribution < -0.4 is 0 Å². The highest BCUT2D eigenvalue weighted by Crippen LogP contribution is 2.39. The minimum Gasteiger partial charge on any atom is -0.361 e. The molecular weight excluding hydrogens is 259 g/mol. The van der Waals surface area contributed by atoms with Crippen LogP contribution in [0, 0.1) is 0 Å². The van der Waals surface area contributed by atoms with E-state index in [2.05, 4.69) is 20.9 Å². The summed E-state index contributed by atoms with van der Waals surface area (Å²) in [5.74, 6) is 0. The molecule has 1 aromatic carbocycles. The zero-order valence-corrected chi connectivity index (χ0v) is 8.41. The highest BCUT2D eigenvalue weighted by molar-refractivity contribution is 9.10. The summed E-state index contributed by atoms with van der Waals surface area (Å²) in [7, 11) is 0. The van der Waals surface area contributed by atoms with Gasteiger partial charge in [-0.05, 0) is 18.2 Å². The van der Waals surface area contributed by atoms with Crippen LogP contribution in [0.5, 0.6) is 0 Å². The number of aromatic amines is 1. The maximum atomic E-state index is 12.6. The lowest BCUT2D eigenvalue weighted by Gasteiger charge is -2.09. The molecule has 1 N–H and O–H groups in total. The Morgan fingerprint density at radius 2 is 1.86 bits per heavy atom. The van der Waals surface area contributed by atoms with Crippen molar-refractivity contribution in [3.63, 3.8) is 0 Å². The van der Waals surface area contributed by atoms with Crippen LogP contribution in [-0.2, 0) is 6.18 Å². The molecule has 0 saturated carbocycles. The van der Waals surface area contributed by atoms with Gasteiger partial charge in [-0.25, -0.2) is 0 Å². The van der Waals surface area contributed by atoms with Crippen LogP contribution in [0.2, 0.25) is 0 Å². The molecule has 0 saturated heterocycles. The molecule has 0 bridgehead atoms. The maximum absolute atomic E-state index is 12.6. The fourth-order valence-corrected chi connectivity index (χ4v) is 1.97. The third kappa shape index (κ3) is 1.41. The van der Waals surface area contributed by atoms with Crippen molar-refractivity contribution >= 4 is 26.8 Å². The molecule has 0 amide bonds. The molecule has 0 aliphatic rings. The third-order valence-electron chi connectivity index (χ3n) is 1.97. The number of alkyl halides is 3.